The lowest BCUT2D eigenvalue weighted by molar-refractivity contribution is -0.144. The summed E-state index contributed by atoms with van der Waals surface area (Å²) in [4.78, 5) is 31.3. The number of carbonyl (C=O) groups is 2. The Morgan fingerprint density at radius 3 is 2.44 bits per heavy atom. The largest absolute Gasteiger partial charge is 0.497 e. The fourth-order valence-electron chi connectivity index (χ4n) is 5.59. The molecule has 4 rings (SSSR count). The minimum absolute atomic E-state index is 0.0197. The fourth-order valence-corrected chi connectivity index (χ4v) is 5.59. The first-order valence-corrected chi connectivity index (χ1v) is 15.0. The zero-order valence-corrected chi connectivity index (χ0v) is 24.7. The Bertz CT molecular complexity index is 1220. The molecule has 3 aromatic rings. The van der Waals surface area contributed by atoms with Gasteiger partial charge in [0.25, 0.3) is 0 Å². The third-order valence-corrected chi connectivity index (χ3v) is 7.85. The maximum absolute atomic E-state index is 14.0. The number of rotatable bonds is 15. The van der Waals surface area contributed by atoms with E-state index in [0.717, 1.165) is 54.7 Å². The standard InChI is InChI=1S/C34H45N3O4/c1-3-41-22-12-21-36(34(39)30-16-8-5-9-17-30)27-33(38)37(24-28-13-6-4-7-14-28)26-31-18-11-20-35(31)25-29-15-10-19-32(23-29)40-2/h4,6-7,10-11,13-15,18-20,23,30H,3,5,8-9,12,16-17,21-22,24-27H2,1-2H3. The van der Waals surface area contributed by atoms with Gasteiger partial charge in [-0.2, -0.15) is 0 Å². The molecule has 0 spiro atoms. The Hall–Kier alpha value is -3.58. The van der Waals surface area contributed by atoms with Crippen molar-refractivity contribution in [3.63, 3.8) is 0 Å². The van der Waals surface area contributed by atoms with Crippen LogP contribution in [-0.2, 0) is 34.0 Å². The van der Waals surface area contributed by atoms with Crippen LogP contribution in [0.25, 0.3) is 0 Å². The van der Waals surface area contributed by atoms with Gasteiger partial charge in [-0.1, -0.05) is 61.7 Å². The Morgan fingerprint density at radius 1 is 0.902 bits per heavy atom. The first-order valence-electron chi connectivity index (χ1n) is 15.0. The molecule has 0 unspecified atom stereocenters. The highest BCUT2D eigenvalue weighted by atomic mass is 16.5. The predicted molar refractivity (Wildman–Crippen MR) is 161 cm³/mol. The number of hydrogen-bond acceptors (Lipinski definition) is 4. The summed E-state index contributed by atoms with van der Waals surface area (Å²) in [5, 5.41) is 0. The van der Waals surface area contributed by atoms with Gasteiger partial charge in [-0.25, -0.2) is 0 Å². The second-order valence-electron chi connectivity index (χ2n) is 10.9. The van der Waals surface area contributed by atoms with Crippen LogP contribution in [0.15, 0.2) is 72.9 Å². The molecule has 220 valence electrons. The first kappa shape index (κ1) is 30.4. The van der Waals surface area contributed by atoms with E-state index in [2.05, 4.69) is 16.7 Å². The van der Waals surface area contributed by atoms with Gasteiger partial charge in [-0.05, 0) is 61.6 Å². The van der Waals surface area contributed by atoms with Crippen LogP contribution in [-0.4, -0.2) is 59.6 Å². The molecule has 7 heteroatoms. The SMILES string of the molecule is CCOCCCN(CC(=O)N(Cc1ccccc1)Cc1cccn1Cc1cccc(OC)c1)C(=O)C1CCCCC1. The highest BCUT2D eigenvalue weighted by Gasteiger charge is 2.28. The maximum atomic E-state index is 14.0. The van der Waals surface area contributed by atoms with Gasteiger partial charge in [0.05, 0.1) is 20.2 Å². The van der Waals surface area contributed by atoms with Crippen molar-refractivity contribution < 1.29 is 19.1 Å². The van der Waals surface area contributed by atoms with E-state index >= 15 is 0 Å². The average Bonchev–Trinajstić information content (AvgIpc) is 3.45. The van der Waals surface area contributed by atoms with Gasteiger partial charge in [-0.3, -0.25) is 9.59 Å². The van der Waals surface area contributed by atoms with Gasteiger partial charge in [-0.15, -0.1) is 0 Å². The van der Waals surface area contributed by atoms with E-state index in [-0.39, 0.29) is 24.3 Å². The van der Waals surface area contributed by atoms with Gasteiger partial charge in [0.15, 0.2) is 0 Å². The van der Waals surface area contributed by atoms with E-state index < -0.39 is 0 Å². The minimum Gasteiger partial charge on any atom is -0.497 e. The van der Waals surface area contributed by atoms with E-state index in [9.17, 15) is 9.59 Å². The van der Waals surface area contributed by atoms with Crippen LogP contribution in [0.3, 0.4) is 0 Å². The molecule has 7 nitrogen and oxygen atoms in total. The number of aromatic nitrogens is 1. The van der Waals surface area contributed by atoms with E-state index in [1.54, 1.807) is 12.0 Å². The summed E-state index contributed by atoms with van der Waals surface area (Å²) in [6.07, 6.45) is 7.96. The van der Waals surface area contributed by atoms with Crippen molar-refractivity contribution in [2.45, 2.75) is 65.1 Å². The second kappa shape index (κ2) is 16.0. The Kier molecular flexibility index (Phi) is 11.9. The number of ether oxygens (including phenoxy) is 2. The molecule has 1 saturated carbocycles. The first-order chi connectivity index (χ1) is 20.1. The van der Waals surface area contributed by atoms with Crippen LogP contribution in [0.1, 0.15) is 62.3 Å². The molecular formula is C34H45N3O4. The van der Waals surface area contributed by atoms with Gasteiger partial charge in [0.2, 0.25) is 11.8 Å². The van der Waals surface area contributed by atoms with Crippen LogP contribution in [0.2, 0.25) is 0 Å². The van der Waals surface area contributed by atoms with E-state index in [1.807, 2.05) is 72.6 Å². The summed E-state index contributed by atoms with van der Waals surface area (Å²) in [6.45, 7) is 5.44. The number of hydrogen-bond donors (Lipinski definition) is 0. The molecule has 1 heterocycles. The molecule has 0 aliphatic heterocycles. The summed E-state index contributed by atoms with van der Waals surface area (Å²) in [5.41, 5.74) is 3.23. The van der Waals surface area contributed by atoms with E-state index in [1.165, 1.54) is 6.42 Å². The molecule has 1 fully saturated rings. The summed E-state index contributed by atoms with van der Waals surface area (Å²) < 4.78 is 13.1. The number of amides is 2. The van der Waals surface area contributed by atoms with Crippen LogP contribution in [0, 0.1) is 5.92 Å². The Morgan fingerprint density at radius 2 is 1.68 bits per heavy atom. The van der Waals surface area contributed by atoms with Crippen LogP contribution in [0.5, 0.6) is 5.75 Å². The zero-order valence-electron chi connectivity index (χ0n) is 24.7. The lowest BCUT2D eigenvalue weighted by atomic mass is 9.88. The lowest BCUT2D eigenvalue weighted by Crippen LogP contribution is -2.45. The maximum Gasteiger partial charge on any atom is 0.242 e. The quantitative estimate of drug-likeness (QED) is 0.217. The summed E-state index contributed by atoms with van der Waals surface area (Å²) in [6, 6.07) is 22.2. The summed E-state index contributed by atoms with van der Waals surface area (Å²) in [7, 11) is 1.67. The number of methoxy groups -OCH3 is 1. The van der Waals surface area contributed by atoms with Crippen LogP contribution < -0.4 is 4.74 Å². The molecule has 2 amide bonds. The number of carbonyl (C=O) groups excluding carboxylic acids is 2. The van der Waals surface area contributed by atoms with Crippen molar-refractivity contribution >= 4 is 11.8 Å². The van der Waals surface area contributed by atoms with E-state index in [0.29, 0.717) is 39.4 Å². The van der Waals surface area contributed by atoms with E-state index in [4.69, 9.17) is 9.47 Å². The predicted octanol–water partition coefficient (Wildman–Crippen LogP) is 5.91. The lowest BCUT2D eigenvalue weighted by Gasteiger charge is -2.31. The minimum atomic E-state index is -0.0384. The highest BCUT2D eigenvalue weighted by Crippen LogP contribution is 2.26. The average molecular weight is 560 g/mol. The van der Waals surface area contributed by atoms with Gasteiger partial charge in [0, 0.05) is 50.7 Å². The van der Waals surface area contributed by atoms with Crippen molar-refractivity contribution in [1.82, 2.24) is 14.4 Å². The van der Waals surface area contributed by atoms with Gasteiger partial charge >= 0.3 is 0 Å². The van der Waals surface area contributed by atoms with Crippen molar-refractivity contribution in [3.8, 4) is 5.75 Å². The van der Waals surface area contributed by atoms with Crippen molar-refractivity contribution in [1.29, 1.82) is 0 Å². The third-order valence-electron chi connectivity index (χ3n) is 7.85. The summed E-state index contributed by atoms with van der Waals surface area (Å²) >= 11 is 0. The third kappa shape index (κ3) is 9.22. The number of benzene rings is 2. The molecule has 2 aromatic carbocycles. The molecule has 41 heavy (non-hydrogen) atoms. The molecule has 1 aliphatic carbocycles. The molecule has 0 bridgehead atoms. The van der Waals surface area contributed by atoms with Crippen molar-refractivity contribution in [2.75, 3.05) is 33.4 Å². The second-order valence-corrected chi connectivity index (χ2v) is 10.9. The van der Waals surface area contributed by atoms with Crippen molar-refractivity contribution in [2.24, 2.45) is 5.92 Å². The zero-order chi connectivity index (χ0) is 28.9. The molecule has 1 aromatic heterocycles. The monoisotopic (exact) mass is 559 g/mol. The van der Waals surface area contributed by atoms with Crippen molar-refractivity contribution in [3.05, 3.63) is 89.7 Å². The van der Waals surface area contributed by atoms with Gasteiger partial charge < -0.3 is 23.8 Å². The molecule has 0 N–H and O–H groups in total. The Labute approximate surface area is 245 Å². The normalized spacial score (nSPS) is 13.6. The summed E-state index contributed by atoms with van der Waals surface area (Å²) in [5.74, 6) is 0.926. The number of nitrogens with zero attached hydrogens (tertiary/aromatic N) is 3. The molecule has 1 aliphatic rings. The highest BCUT2D eigenvalue weighted by molar-refractivity contribution is 5.86. The Balaban J connectivity index is 1.52. The van der Waals surface area contributed by atoms with Crippen LogP contribution in [0.4, 0.5) is 0 Å². The molecule has 0 atom stereocenters. The molecule has 0 saturated heterocycles. The van der Waals surface area contributed by atoms with Crippen LogP contribution >= 0.6 is 0 Å². The smallest absolute Gasteiger partial charge is 0.242 e. The molecule has 0 radical (unpaired) electrons. The topological polar surface area (TPSA) is 64.0 Å². The fraction of sp³-hybridized carbons (Fsp3) is 0.471. The van der Waals surface area contributed by atoms with Gasteiger partial charge in [0.1, 0.15) is 5.75 Å². The molecular weight excluding hydrogens is 514 g/mol.